The molecule has 1 atom stereocenters. The molecule has 1 nitrogen and oxygen atoms in total. The summed E-state index contributed by atoms with van der Waals surface area (Å²) in [6, 6.07) is 8.47. The van der Waals surface area contributed by atoms with Gasteiger partial charge in [0, 0.05) is 0 Å². The number of rotatable bonds is 2. The Morgan fingerprint density at radius 3 is 1.75 bits per heavy atom. The average Bonchev–Trinajstić information content (AvgIpc) is 2.43. The van der Waals surface area contributed by atoms with Crippen molar-refractivity contribution in [1.29, 1.82) is 0 Å². The van der Waals surface area contributed by atoms with E-state index in [4.69, 9.17) is 5.73 Å². The second-order valence-electron chi connectivity index (χ2n) is 5.93. The Kier molecular flexibility index (Phi) is 4.01. The molecule has 2 aromatic rings. The molecular formula is C19H25N. The van der Waals surface area contributed by atoms with Gasteiger partial charge in [0.1, 0.15) is 0 Å². The minimum Gasteiger partial charge on any atom is -0.320 e. The molecule has 0 bridgehead atoms. The van der Waals surface area contributed by atoms with Gasteiger partial charge in [-0.15, -0.1) is 0 Å². The molecule has 1 unspecified atom stereocenters. The highest BCUT2D eigenvalue weighted by atomic mass is 14.6. The van der Waals surface area contributed by atoms with Gasteiger partial charge in [-0.3, -0.25) is 0 Å². The van der Waals surface area contributed by atoms with E-state index in [-0.39, 0.29) is 6.04 Å². The molecule has 0 aliphatic carbocycles. The molecule has 0 aliphatic heterocycles. The van der Waals surface area contributed by atoms with Gasteiger partial charge in [-0.05, 0) is 80.5 Å². The van der Waals surface area contributed by atoms with Crippen molar-refractivity contribution in [3.8, 4) is 0 Å². The second-order valence-corrected chi connectivity index (χ2v) is 5.93. The third kappa shape index (κ3) is 2.38. The summed E-state index contributed by atoms with van der Waals surface area (Å²) in [5.41, 5.74) is 17.1. The van der Waals surface area contributed by atoms with Crippen LogP contribution in [0, 0.1) is 41.5 Å². The van der Waals surface area contributed by atoms with Crippen molar-refractivity contribution in [2.45, 2.75) is 47.6 Å². The van der Waals surface area contributed by atoms with Gasteiger partial charge in [0.15, 0.2) is 0 Å². The summed E-state index contributed by atoms with van der Waals surface area (Å²) in [5.74, 6) is 0. The van der Waals surface area contributed by atoms with Crippen LogP contribution in [-0.4, -0.2) is 0 Å². The van der Waals surface area contributed by atoms with E-state index in [1.54, 1.807) is 0 Å². The van der Waals surface area contributed by atoms with Crippen molar-refractivity contribution in [2.75, 3.05) is 0 Å². The molecule has 0 saturated heterocycles. The van der Waals surface area contributed by atoms with Gasteiger partial charge in [-0.2, -0.15) is 0 Å². The summed E-state index contributed by atoms with van der Waals surface area (Å²) in [4.78, 5) is 0. The first-order chi connectivity index (χ1) is 9.34. The third-order valence-corrected chi connectivity index (χ3v) is 4.77. The molecule has 0 heterocycles. The largest absolute Gasteiger partial charge is 0.320 e. The van der Waals surface area contributed by atoms with E-state index in [1.165, 1.54) is 44.5 Å². The number of benzene rings is 2. The summed E-state index contributed by atoms with van der Waals surface area (Å²) >= 11 is 0. The highest BCUT2D eigenvalue weighted by Crippen LogP contribution is 2.32. The third-order valence-electron chi connectivity index (χ3n) is 4.77. The van der Waals surface area contributed by atoms with E-state index < -0.39 is 0 Å². The highest BCUT2D eigenvalue weighted by molar-refractivity contribution is 5.52. The van der Waals surface area contributed by atoms with E-state index in [1.807, 2.05) is 0 Å². The van der Waals surface area contributed by atoms with Crippen LogP contribution in [0.15, 0.2) is 24.3 Å². The Bertz CT molecular complexity index is 624. The van der Waals surface area contributed by atoms with Crippen LogP contribution < -0.4 is 5.73 Å². The monoisotopic (exact) mass is 267 g/mol. The fraction of sp³-hybridized carbons (Fsp3) is 0.368. The molecule has 2 aromatic carbocycles. The minimum absolute atomic E-state index is 0.0482. The lowest BCUT2D eigenvalue weighted by Crippen LogP contribution is -2.17. The van der Waals surface area contributed by atoms with Crippen molar-refractivity contribution < 1.29 is 0 Å². The van der Waals surface area contributed by atoms with Gasteiger partial charge in [-0.25, -0.2) is 0 Å². The number of hydrogen-bond donors (Lipinski definition) is 1. The first-order valence-corrected chi connectivity index (χ1v) is 7.23. The minimum atomic E-state index is -0.0482. The van der Waals surface area contributed by atoms with Crippen LogP contribution in [0.25, 0.3) is 0 Å². The molecule has 2 N–H and O–H groups in total. The van der Waals surface area contributed by atoms with Crippen LogP contribution >= 0.6 is 0 Å². The fourth-order valence-electron chi connectivity index (χ4n) is 3.03. The lowest BCUT2D eigenvalue weighted by Gasteiger charge is -2.23. The Morgan fingerprint density at radius 2 is 1.25 bits per heavy atom. The first-order valence-electron chi connectivity index (χ1n) is 7.23. The molecule has 0 aliphatic rings. The Morgan fingerprint density at radius 1 is 0.750 bits per heavy atom. The summed E-state index contributed by atoms with van der Waals surface area (Å²) in [5, 5.41) is 0. The molecule has 0 aromatic heterocycles. The molecule has 0 amide bonds. The maximum absolute atomic E-state index is 6.57. The van der Waals surface area contributed by atoms with Gasteiger partial charge in [-0.1, -0.05) is 29.8 Å². The quantitative estimate of drug-likeness (QED) is 0.846. The van der Waals surface area contributed by atoms with Crippen LogP contribution in [0.1, 0.15) is 50.5 Å². The van der Waals surface area contributed by atoms with Crippen LogP contribution in [0.4, 0.5) is 0 Å². The lowest BCUT2D eigenvalue weighted by atomic mass is 9.84. The van der Waals surface area contributed by atoms with Crippen molar-refractivity contribution in [3.05, 3.63) is 68.8 Å². The smallest absolute Gasteiger partial charge is 0.0557 e. The first kappa shape index (κ1) is 14.8. The van der Waals surface area contributed by atoms with Gasteiger partial charge in [0.05, 0.1) is 6.04 Å². The Hall–Kier alpha value is -1.60. The molecule has 106 valence electrons. The second kappa shape index (κ2) is 5.41. The number of aryl methyl sites for hydroxylation is 1. The zero-order valence-corrected chi connectivity index (χ0v) is 13.5. The fourth-order valence-corrected chi connectivity index (χ4v) is 3.03. The molecule has 20 heavy (non-hydrogen) atoms. The normalized spacial score (nSPS) is 12.6. The van der Waals surface area contributed by atoms with Crippen LogP contribution in [0.2, 0.25) is 0 Å². The lowest BCUT2D eigenvalue weighted by molar-refractivity contribution is 0.841. The van der Waals surface area contributed by atoms with Crippen molar-refractivity contribution in [2.24, 2.45) is 5.73 Å². The zero-order valence-electron chi connectivity index (χ0n) is 13.5. The van der Waals surface area contributed by atoms with Crippen LogP contribution in [0.3, 0.4) is 0 Å². The summed E-state index contributed by atoms with van der Waals surface area (Å²) in [6.07, 6.45) is 0. The number of hydrogen-bond acceptors (Lipinski definition) is 1. The Labute approximate surface area is 122 Å². The highest BCUT2D eigenvalue weighted by Gasteiger charge is 2.18. The van der Waals surface area contributed by atoms with Gasteiger partial charge >= 0.3 is 0 Å². The molecule has 1 heteroatoms. The van der Waals surface area contributed by atoms with Crippen molar-refractivity contribution >= 4 is 0 Å². The summed E-state index contributed by atoms with van der Waals surface area (Å²) in [6.45, 7) is 13.1. The molecule has 2 rings (SSSR count). The molecular weight excluding hydrogens is 242 g/mol. The molecule has 0 radical (unpaired) electrons. The Balaban J connectivity index is 2.64. The molecule has 0 saturated carbocycles. The summed E-state index contributed by atoms with van der Waals surface area (Å²) < 4.78 is 0. The van der Waals surface area contributed by atoms with E-state index in [0.717, 1.165) is 0 Å². The predicted molar refractivity (Wildman–Crippen MR) is 87.3 cm³/mol. The SMILES string of the molecule is Cc1cccc(C(N)c2c(C)c(C)c(C)c(C)c2C)c1. The van der Waals surface area contributed by atoms with E-state index in [0.29, 0.717) is 0 Å². The van der Waals surface area contributed by atoms with Crippen LogP contribution in [-0.2, 0) is 0 Å². The van der Waals surface area contributed by atoms with Gasteiger partial charge in [0.2, 0.25) is 0 Å². The van der Waals surface area contributed by atoms with Crippen LogP contribution in [0.5, 0.6) is 0 Å². The van der Waals surface area contributed by atoms with E-state index in [9.17, 15) is 0 Å². The topological polar surface area (TPSA) is 26.0 Å². The van der Waals surface area contributed by atoms with E-state index in [2.05, 4.69) is 65.8 Å². The average molecular weight is 267 g/mol. The molecule has 0 fully saturated rings. The maximum Gasteiger partial charge on any atom is 0.0557 e. The van der Waals surface area contributed by atoms with E-state index >= 15 is 0 Å². The maximum atomic E-state index is 6.57. The summed E-state index contributed by atoms with van der Waals surface area (Å²) in [7, 11) is 0. The number of nitrogens with two attached hydrogens (primary N) is 1. The predicted octanol–water partition coefficient (Wildman–Crippen LogP) is 4.59. The van der Waals surface area contributed by atoms with Gasteiger partial charge < -0.3 is 5.73 Å². The van der Waals surface area contributed by atoms with Gasteiger partial charge in [0.25, 0.3) is 0 Å². The van der Waals surface area contributed by atoms with Crippen molar-refractivity contribution in [3.63, 3.8) is 0 Å². The molecule has 0 spiro atoms. The standard InChI is InChI=1S/C19H25N/c1-11-8-7-9-17(10-11)19(20)18-15(5)13(3)12(2)14(4)16(18)6/h7-10,19H,20H2,1-6H3. The zero-order chi connectivity index (χ0) is 15.0. The van der Waals surface area contributed by atoms with Crippen molar-refractivity contribution in [1.82, 2.24) is 0 Å².